The summed E-state index contributed by atoms with van der Waals surface area (Å²) in [6.07, 6.45) is 4.36. The summed E-state index contributed by atoms with van der Waals surface area (Å²) in [4.78, 5) is 35.7. The molecule has 1 unspecified atom stereocenters. The van der Waals surface area contributed by atoms with Crippen molar-refractivity contribution in [1.29, 1.82) is 0 Å². The molecule has 3 aromatic heterocycles. The van der Waals surface area contributed by atoms with Gasteiger partial charge >= 0.3 is 0 Å². The lowest BCUT2D eigenvalue weighted by molar-refractivity contribution is 0.0789. The van der Waals surface area contributed by atoms with Gasteiger partial charge in [-0.25, -0.2) is 9.97 Å². The number of carbonyl (C=O) groups excluding carboxylic acids is 2. The van der Waals surface area contributed by atoms with E-state index in [1.165, 1.54) is 6.20 Å². The Morgan fingerprint density at radius 2 is 2.07 bits per heavy atom. The maximum atomic E-state index is 12.8. The van der Waals surface area contributed by atoms with Crippen molar-refractivity contribution in [3.05, 3.63) is 52.1 Å². The number of rotatable bonds is 4. The molecule has 154 valence electrons. The van der Waals surface area contributed by atoms with Crippen LogP contribution >= 0.6 is 11.6 Å². The zero-order valence-corrected chi connectivity index (χ0v) is 17.1. The lowest BCUT2D eigenvalue weighted by Gasteiger charge is -2.16. The zero-order valence-electron chi connectivity index (χ0n) is 16.4. The molecule has 3 aromatic rings. The molecule has 2 fully saturated rings. The number of aromatic nitrogens is 3. The Balaban J connectivity index is 1.46. The van der Waals surface area contributed by atoms with Crippen LogP contribution in [0.1, 0.15) is 63.2 Å². The van der Waals surface area contributed by atoms with Crippen LogP contribution in [0.2, 0.25) is 5.15 Å². The first-order chi connectivity index (χ1) is 14.5. The average Bonchev–Trinajstić information content (AvgIpc) is 3.35. The molecule has 4 heterocycles. The van der Waals surface area contributed by atoms with Crippen LogP contribution in [0.4, 0.5) is 0 Å². The summed E-state index contributed by atoms with van der Waals surface area (Å²) < 4.78 is 5.54. The summed E-state index contributed by atoms with van der Waals surface area (Å²) in [6, 6.07) is 5.13. The highest BCUT2D eigenvalue weighted by Crippen LogP contribution is 2.41. The molecule has 1 atom stereocenters. The lowest BCUT2D eigenvalue weighted by atomic mass is 9.98. The number of pyridine rings is 2. The number of likely N-dealkylation sites (tertiary alicyclic amines) is 1. The third-order valence-corrected chi connectivity index (χ3v) is 6.02. The van der Waals surface area contributed by atoms with Gasteiger partial charge in [-0.2, -0.15) is 0 Å². The minimum atomic E-state index is -0.188. The maximum Gasteiger partial charge on any atom is 0.259 e. The topological polar surface area (TPSA) is 101 Å². The zero-order chi connectivity index (χ0) is 20.8. The van der Waals surface area contributed by atoms with Crippen molar-refractivity contribution in [2.45, 2.75) is 31.1 Å². The van der Waals surface area contributed by atoms with Gasteiger partial charge in [0.15, 0.2) is 0 Å². The van der Waals surface area contributed by atoms with Crippen molar-refractivity contribution < 1.29 is 14.1 Å². The van der Waals surface area contributed by atoms with Crippen molar-refractivity contribution in [3.8, 4) is 0 Å². The number of nitrogens with zero attached hydrogens (tertiary/aromatic N) is 4. The van der Waals surface area contributed by atoms with E-state index in [9.17, 15) is 9.59 Å². The van der Waals surface area contributed by atoms with E-state index < -0.39 is 0 Å². The van der Waals surface area contributed by atoms with Gasteiger partial charge in [0.1, 0.15) is 5.15 Å². The van der Waals surface area contributed by atoms with E-state index in [0.717, 1.165) is 25.0 Å². The highest BCUT2D eigenvalue weighted by molar-refractivity contribution is 6.29. The van der Waals surface area contributed by atoms with Crippen molar-refractivity contribution >= 4 is 34.5 Å². The fraction of sp³-hybridized carbons (Fsp3) is 0.381. The predicted octanol–water partition coefficient (Wildman–Crippen LogP) is 3.14. The smallest absolute Gasteiger partial charge is 0.259 e. The van der Waals surface area contributed by atoms with E-state index in [1.54, 1.807) is 24.1 Å². The number of halogens is 1. The second kappa shape index (κ2) is 7.36. The van der Waals surface area contributed by atoms with Gasteiger partial charge in [0.2, 0.25) is 0 Å². The third-order valence-electron chi connectivity index (χ3n) is 5.80. The monoisotopic (exact) mass is 425 g/mol. The SMILES string of the molecule is CNC(=O)c1cc(C2CC2)nc2onc(C3CCN(C(=O)c4ccc(Cl)nc4)C3)c12. The number of carbonyl (C=O) groups is 2. The number of amides is 2. The van der Waals surface area contributed by atoms with E-state index in [0.29, 0.717) is 52.1 Å². The Morgan fingerprint density at radius 3 is 2.77 bits per heavy atom. The van der Waals surface area contributed by atoms with Crippen LogP contribution in [0.25, 0.3) is 11.1 Å². The van der Waals surface area contributed by atoms with Crippen molar-refractivity contribution in [3.63, 3.8) is 0 Å². The van der Waals surface area contributed by atoms with Crippen LogP contribution in [0.5, 0.6) is 0 Å². The quantitative estimate of drug-likeness (QED) is 0.644. The minimum absolute atomic E-state index is 0.0348. The molecule has 1 N–H and O–H groups in total. The Bertz CT molecular complexity index is 1140. The second-order valence-electron chi connectivity index (χ2n) is 7.80. The molecule has 2 aliphatic rings. The molecule has 1 saturated heterocycles. The van der Waals surface area contributed by atoms with Crippen LogP contribution < -0.4 is 5.32 Å². The Morgan fingerprint density at radius 1 is 1.23 bits per heavy atom. The summed E-state index contributed by atoms with van der Waals surface area (Å²) >= 11 is 5.82. The predicted molar refractivity (Wildman–Crippen MR) is 110 cm³/mol. The molecule has 1 saturated carbocycles. The van der Waals surface area contributed by atoms with Crippen molar-refractivity contribution in [2.24, 2.45) is 0 Å². The van der Waals surface area contributed by atoms with Gasteiger partial charge < -0.3 is 14.7 Å². The molecule has 30 heavy (non-hydrogen) atoms. The normalized spacial score (nSPS) is 18.7. The third kappa shape index (κ3) is 3.31. The summed E-state index contributed by atoms with van der Waals surface area (Å²) in [5.41, 5.74) is 2.98. The fourth-order valence-corrected chi connectivity index (χ4v) is 4.14. The number of hydrogen-bond acceptors (Lipinski definition) is 6. The first kappa shape index (κ1) is 19.0. The maximum absolute atomic E-state index is 12.8. The average molecular weight is 426 g/mol. The molecule has 1 aliphatic heterocycles. The van der Waals surface area contributed by atoms with Crippen LogP contribution in [0.15, 0.2) is 28.9 Å². The molecule has 1 aliphatic carbocycles. The fourth-order valence-electron chi connectivity index (χ4n) is 4.03. The second-order valence-corrected chi connectivity index (χ2v) is 8.19. The Hall–Kier alpha value is -3.00. The van der Waals surface area contributed by atoms with Crippen molar-refractivity contribution in [1.82, 2.24) is 25.3 Å². The van der Waals surface area contributed by atoms with E-state index >= 15 is 0 Å². The number of hydrogen-bond donors (Lipinski definition) is 1. The van der Waals surface area contributed by atoms with E-state index in [1.807, 2.05) is 6.07 Å². The molecule has 0 radical (unpaired) electrons. The summed E-state index contributed by atoms with van der Waals surface area (Å²) in [5, 5.41) is 7.96. The minimum Gasteiger partial charge on any atom is -0.355 e. The largest absolute Gasteiger partial charge is 0.355 e. The summed E-state index contributed by atoms with van der Waals surface area (Å²) in [5.74, 6) is 0.0634. The van der Waals surface area contributed by atoms with Crippen LogP contribution in [-0.2, 0) is 0 Å². The molecular weight excluding hydrogens is 406 g/mol. The molecule has 5 rings (SSSR count). The molecule has 0 aromatic carbocycles. The van der Waals surface area contributed by atoms with Gasteiger partial charge in [0, 0.05) is 43.9 Å². The first-order valence-electron chi connectivity index (χ1n) is 9.98. The highest BCUT2D eigenvalue weighted by Gasteiger charge is 2.34. The lowest BCUT2D eigenvalue weighted by Crippen LogP contribution is -2.28. The first-order valence-corrected chi connectivity index (χ1v) is 10.4. The standard InChI is InChI=1S/C21H20ClN5O3/c1-23-19(28)14-8-15(11-2-3-11)25-20-17(14)18(26-30-20)13-6-7-27(10-13)21(29)12-4-5-16(22)24-9-12/h4-5,8-9,11,13H,2-3,6-7,10H2,1H3,(H,23,28). The van der Waals surface area contributed by atoms with Crippen molar-refractivity contribution in [2.75, 3.05) is 20.1 Å². The van der Waals surface area contributed by atoms with E-state index in [2.05, 4.69) is 20.4 Å². The summed E-state index contributed by atoms with van der Waals surface area (Å²) in [7, 11) is 1.61. The van der Waals surface area contributed by atoms with Crippen LogP contribution in [-0.4, -0.2) is 52.0 Å². The molecule has 9 heteroatoms. The number of nitrogens with one attached hydrogen (secondary N) is 1. The molecule has 2 amide bonds. The van der Waals surface area contributed by atoms with Crippen LogP contribution in [0, 0.1) is 0 Å². The van der Waals surface area contributed by atoms with Gasteiger partial charge in [0.25, 0.3) is 17.5 Å². The van der Waals surface area contributed by atoms with Gasteiger partial charge in [-0.3, -0.25) is 9.59 Å². The summed E-state index contributed by atoms with van der Waals surface area (Å²) in [6.45, 7) is 1.07. The number of fused-ring (bicyclic) bond motifs is 1. The van der Waals surface area contributed by atoms with Gasteiger partial charge in [-0.1, -0.05) is 16.8 Å². The molecule has 0 spiro atoms. The molecular formula is C21H20ClN5O3. The van der Waals surface area contributed by atoms with Gasteiger partial charge in [-0.05, 0) is 37.5 Å². The van der Waals surface area contributed by atoms with Crippen LogP contribution in [0.3, 0.4) is 0 Å². The molecule has 0 bridgehead atoms. The van der Waals surface area contributed by atoms with Gasteiger partial charge in [-0.15, -0.1) is 0 Å². The van der Waals surface area contributed by atoms with Gasteiger partial charge in [0.05, 0.1) is 22.2 Å². The van der Waals surface area contributed by atoms with E-state index in [4.69, 9.17) is 16.1 Å². The Labute approximate surface area is 177 Å². The van der Waals surface area contributed by atoms with E-state index in [-0.39, 0.29) is 17.7 Å². The highest BCUT2D eigenvalue weighted by atomic mass is 35.5. The molecule has 8 nitrogen and oxygen atoms in total. The Kier molecular flexibility index (Phi) is 4.66.